The molecule has 1 aromatic rings. The maximum atomic E-state index is 11.4. The Morgan fingerprint density at radius 1 is 1.82 bits per heavy atom. The highest BCUT2D eigenvalue weighted by molar-refractivity contribution is 5.81. The van der Waals surface area contributed by atoms with Crippen LogP contribution >= 0.6 is 0 Å². The molecule has 1 amide bonds. The highest BCUT2D eigenvalue weighted by Gasteiger charge is 2.22. The van der Waals surface area contributed by atoms with Crippen LogP contribution in [0.3, 0.4) is 0 Å². The van der Waals surface area contributed by atoms with Crippen LogP contribution in [0.25, 0.3) is 0 Å². The van der Waals surface area contributed by atoms with Crippen LogP contribution in [0.15, 0.2) is 12.4 Å². The number of primary amides is 1. The molecule has 17 heavy (non-hydrogen) atoms. The summed E-state index contributed by atoms with van der Waals surface area (Å²) in [5.41, 5.74) is 6.17. The number of aromatic nitrogens is 2. The van der Waals surface area contributed by atoms with E-state index in [0.29, 0.717) is 6.54 Å². The Labute approximate surface area is 100 Å². The van der Waals surface area contributed by atoms with Crippen molar-refractivity contribution in [3.05, 3.63) is 18.0 Å². The molecule has 0 aliphatic carbocycles. The highest BCUT2D eigenvalue weighted by Crippen LogP contribution is 2.14. The lowest BCUT2D eigenvalue weighted by molar-refractivity contribution is -0.120. The van der Waals surface area contributed by atoms with Crippen LogP contribution in [0.2, 0.25) is 0 Å². The summed E-state index contributed by atoms with van der Waals surface area (Å²) in [7, 11) is 1.81. The van der Waals surface area contributed by atoms with Crippen molar-refractivity contribution in [3.63, 3.8) is 0 Å². The van der Waals surface area contributed by atoms with Crippen LogP contribution in [0, 0.1) is 0 Å². The van der Waals surface area contributed by atoms with Gasteiger partial charge in [0.05, 0.1) is 12.3 Å². The summed E-state index contributed by atoms with van der Waals surface area (Å²) in [6.07, 6.45) is 5.75. The number of hydrogen-bond donors (Lipinski definition) is 2. The van der Waals surface area contributed by atoms with Crippen molar-refractivity contribution < 1.29 is 9.53 Å². The molecular weight excluding hydrogens is 220 g/mol. The quantitative estimate of drug-likeness (QED) is 0.739. The maximum Gasteiger partial charge on any atom is 0.239 e. The molecule has 0 spiro atoms. The third kappa shape index (κ3) is 3.04. The number of ether oxygens (including phenoxy) is 1. The van der Waals surface area contributed by atoms with Gasteiger partial charge in [0.2, 0.25) is 5.91 Å². The molecule has 0 bridgehead atoms. The predicted octanol–water partition coefficient (Wildman–Crippen LogP) is -0.285. The molecule has 0 radical (unpaired) electrons. The van der Waals surface area contributed by atoms with Gasteiger partial charge in [-0.15, -0.1) is 0 Å². The van der Waals surface area contributed by atoms with Crippen molar-refractivity contribution in [1.29, 1.82) is 0 Å². The van der Waals surface area contributed by atoms with E-state index in [9.17, 15) is 4.79 Å². The Kier molecular flexibility index (Phi) is 3.75. The first-order valence-electron chi connectivity index (χ1n) is 5.79. The van der Waals surface area contributed by atoms with E-state index >= 15 is 0 Å². The number of aryl methyl sites for hydroxylation is 1. The minimum Gasteiger partial charge on any atom is -0.377 e. The maximum absolute atomic E-state index is 11.4. The van der Waals surface area contributed by atoms with Gasteiger partial charge in [-0.1, -0.05) is 0 Å². The summed E-state index contributed by atoms with van der Waals surface area (Å²) in [6.45, 7) is 1.45. The lowest BCUT2D eigenvalue weighted by Crippen LogP contribution is -2.37. The van der Waals surface area contributed by atoms with E-state index in [-0.39, 0.29) is 6.10 Å². The molecule has 1 aliphatic heterocycles. The van der Waals surface area contributed by atoms with Gasteiger partial charge in [0.15, 0.2) is 0 Å². The van der Waals surface area contributed by atoms with E-state index in [0.717, 1.165) is 25.0 Å². The van der Waals surface area contributed by atoms with Crippen LogP contribution in [-0.4, -0.2) is 34.9 Å². The minimum atomic E-state index is -0.493. The van der Waals surface area contributed by atoms with Crippen molar-refractivity contribution in [2.75, 3.05) is 13.2 Å². The monoisotopic (exact) mass is 238 g/mol. The fourth-order valence-corrected chi connectivity index (χ4v) is 2.03. The van der Waals surface area contributed by atoms with Gasteiger partial charge in [-0.05, 0) is 12.8 Å². The number of hydrogen-bond acceptors (Lipinski definition) is 4. The summed E-state index contributed by atoms with van der Waals surface area (Å²) in [4.78, 5) is 11.4. The topological polar surface area (TPSA) is 82.2 Å². The normalized spacial score (nSPS) is 21.6. The highest BCUT2D eigenvalue weighted by atomic mass is 16.5. The number of nitrogens with two attached hydrogens (primary N) is 1. The number of nitrogens with zero attached hydrogens (tertiary/aromatic N) is 2. The van der Waals surface area contributed by atoms with Crippen molar-refractivity contribution >= 4 is 5.91 Å². The van der Waals surface area contributed by atoms with E-state index in [1.165, 1.54) is 0 Å². The van der Waals surface area contributed by atoms with Crippen LogP contribution in [0.1, 0.15) is 24.4 Å². The smallest absolute Gasteiger partial charge is 0.239 e. The van der Waals surface area contributed by atoms with E-state index < -0.39 is 11.9 Å². The summed E-state index contributed by atoms with van der Waals surface area (Å²) in [6, 6.07) is -0.493. The SMILES string of the molecule is Cn1cc(C(NCC2CCCO2)C(N)=O)cn1. The number of rotatable bonds is 5. The van der Waals surface area contributed by atoms with Gasteiger partial charge in [0, 0.05) is 32.0 Å². The summed E-state index contributed by atoms with van der Waals surface area (Å²) < 4.78 is 7.14. The van der Waals surface area contributed by atoms with E-state index in [4.69, 9.17) is 10.5 Å². The lowest BCUT2D eigenvalue weighted by Gasteiger charge is -2.16. The molecule has 3 N–H and O–H groups in total. The van der Waals surface area contributed by atoms with Crippen LogP contribution in [0.4, 0.5) is 0 Å². The van der Waals surface area contributed by atoms with Crippen LogP contribution in [-0.2, 0) is 16.6 Å². The molecule has 1 fully saturated rings. The van der Waals surface area contributed by atoms with Crippen molar-refractivity contribution in [1.82, 2.24) is 15.1 Å². The molecule has 6 heteroatoms. The fraction of sp³-hybridized carbons (Fsp3) is 0.636. The van der Waals surface area contributed by atoms with Crippen molar-refractivity contribution in [3.8, 4) is 0 Å². The fourth-order valence-electron chi connectivity index (χ4n) is 2.03. The second kappa shape index (κ2) is 5.29. The Hall–Kier alpha value is -1.40. The number of carbonyl (C=O) groups is 1. The molecule has 2 atom stereocenters. The zero-order valence-corrected chi connectivity index (χ0v) is 9.93. The summed E-state index contributed by atoms with van der Waals surface area (Å²) >= 11 is 0. The predicted molar refractivity (Wildman–Crippen MR) is 62.1 cm³/mol. The number of amides is 1. The standard InChI is InChI=1S/C11H18N4O2/c1-15-7-8(5-14-15)10(11(12)16)13-6-9-3-2-4-17-9/h5,7,9-10,13H,2-4,6H2,1H3,(H2,12,16). The third-order valence-corrected chi connectivity index (χ3v) is 2.92. The van der Waals surface area contributed by atoms with Crippen molar-refractivity contribution in [2.24, 2.45) is 12.8 Å². The lowest BCUT2D eigenvalue weighted by atomic mass is 10.1. The first-order chi connectivity index (χ1) is 8.16. The summed E-state index contributed by atoms with van der Waals surface area (Å²) in [5, 5.41) is 7.18. The summed E-state index contributed by atoms with van der Waals surface area (Å²) in [5.74, 6) is -0.393. The van der Waals surface area contributed by atoms with Gasteiger partial charge in [-0.2, -0.15) is 5.10 Å². The van der Waals surface area contributed by atoms with Gasteiger partial charge in [-0.3, -0.25) is 14.8 Å². The minimum absolute atomic E-state index is 0.188. The molecule has 0 saturated carbocycles. The second-order valence-electron chi connectivity index (χ2n) is 4.33. The Morgan fingerprint density at radius 2 is 2.65 bits per heavy atom. The molecule has 94 valence electrons. The number of carbonyl (C=O) groups excluding carboxylic acids is 1. The van der Waals surface area contributed by atoms with E-state index in [2.05, 4.69) is 10.4 Å². The average Bonchev–Trinajstić information content (AvgIpc) is 2.90. The van der Waals surface area contributed by atoms with Gasteiger partial charge in [0.1, 0.15) is 6.04 Å². The van der Waals surface area contributed by atoms with Crippen LogP contribution in [0.5, 0.6) is 0 Å². The second-order valence-corrected chi connectivity index (χ2v) is 4.33. The third-order valence-electron chi connectivity index (χ3n) is 2.92. The van der Waals surface area contributed by atoms with Crippen molar-refractivity contribution in [2.45, 2.75) is 25.0 Å². The zero-order valence-electron chi connectivity index (χ0n) is 9.93. The van der Waals surface area contributed by atoms with Gasteiger partial charge in [0.25, 0.3) is 0 Å². The van der Waals surface area contributed by atoms with Gasteiger partial charge < -0.3 is 10.5 Å². The Morgan fingerprint density at radius 3 is 3.18 bits per heavy atom. The molecule has 2 rings (SSSR count). The molecule has 1 aliphatic rings. The molecule has 1 saturated heterocycles. The zero-order chi connectivity index (χ0) is 12.3. The molecule has 2 heterocycles. The Balaban J connectivity index is 1.95. The average molecular weight is 238 g/mol. The largest absolute Gasteiger partial charge is 0.377 e. The first-order valence-corrected chi connectivity index (χ1v) is 5.79. The molecule has 6 nitrogen and oxygen atoms in total. The molecule has 1 aromatic heterocycles. The van der Waals surface area contributed by atoms with Gasteiger partial charge in [-0.25, -0.2) is 0 Å². The van der Waals surface area contributed by atoms with E-state index in [1.807, 2.05) is 7.05 Å². The number of nitrogens with one attached hydrogen (secondary N) is 1. The first kappa shape index (κ1) is 12.1. The van der Waals surface area contributed by atoms with Gasteiger partial charge >= 0.3 is 0 Å². The Bertz CT molecular complexity index is 385. The molecule has 2 unspecified atom stereocenters. The van der Waals surface area contributed by atoms with E-state index in [1.54, 1.807) is 17.1 Å². The molecule has 0 aromatic carbocycles. The molecular formula is C11H18N4O2. The van der Waals surface area contributed by atoms with Crippen LogP contribution < -0.4 is 11.1 Å².